The highest BCUT2D eigenvalue weighted by molar-refractivity contribution is 9.10. The lowest BCUT2D eigenvalue weighted by atomic mass is 9.95. The summed E-state index contributed by atoms with van der Waals surface area (Å²) in [6.45, 7) is 3.27. The molecule has 5 rings (SSSR count). The number of halogens is 1. The zero-order valence-electron chi connectivity index (χ0n) is 18.7. The van der Waals surface area contributed by atoms with Gasteiger partial charge in [0, 0.05) is 43.1 Å². The summed E-state index contributed by atoms with van der Waals surface area (Å²) in [7, 11) is 1.61. The molecule has 0 atom stereocenters. The Morgan fingerprint density at radius 2 is 1.97 bits per heavy atom. The molecule has 1 saturated heterocycles. The summed E-state index contributed by atoms with van der Waals surface area (Å²) in [5.41, 5.74) is 2.93. The van der Waals surface area contributed by atoms with Crippen LogP contribution in [0.3, 0.4) is 0 Å². The number of nitriles is 1. The maximum Gasteiger partial charge on any atom is 0.270 e. The normalized spacial score (nSPS) is 14.5. The molecule has 8 nitrogen and oxygen atoms in total. The van der Waals surface area contributed by atoms with Crippen molar-refractivity contribution in [1.82, 2.24) is 14.7 Å². The van der Waals surface area contributed by atoms with E-state index in [2.05, 4.69) is 37.0 Å². The lowest BCUT2D eigenvalue weighted by Gasteiger charge is -2.33. The van der Waals surface area contributed by atoms with Gasteiger partial charge in [0.2, 0.25) is 11.7 Å². The fraction of sp³-hybridized carbons (Fsp3) is 0.280. The number of nitrogens with zero attached hydrogens (tertiary/aromatic N) is 5. The highest BCUT2D eigenvalue weighted by atomic mass is 79.9. The van der Waals surface area contributed by atoms with Gasteiger partial charge in [-0.25, -0.2) is 0 Å². The van der Waals surface area contributed by atoms with Gasteiger partial charge in [0.25, 0.3) is 5.56 Å². The van der Waals surface area contributed by atoms with Gasteiger partial charge >= 0.3 is 0 Å². The minimum Gasteiger partial charge on any atom is -0.507 e. The van der Waals surface area contributed by atoms with E-state index < -0.39 is 0 Å². The molecule has 2 aromatic heterocycles. The first-order valence-electron chi connectivity index (χ1n) is 11.0. The Morgan fingerprint density at radius 1 is 1.24 bits per heavy atom. The van der Waals surface area contributed by atoms with Crippen molar-refractivity contribution < 1.29 is 9.63 Å². The molecule has 1 N–H and O–H groups in total. The highest BCUT2D eigenvalue weighted by Gasteiger charge is 2.29. The molecule has 0 radical (unpaired) electrons. The van der Waals surface area contributed by atoms with Crippen LogP contribution < -0.4 is 10.5 Å². The Labute approximate surface area is 204 Å². The Kier molecular flexibility index (Phi) is 5.62. The van der Waals surface area contributed by atoms with Crippen molar-refractivity contribution in [1.29, 1.82) is 5.26 Å². The number of benzene rings is 2. The van der Waals surface area contributed by atoms with Crippen LogP contribution in [0.15, 0.2) is 50.2 Å². The van der Waals surface area contributed by atoms with E-state index in [1.807, 2.05) is 31.2 Å². The molecular weight excluding hydrogens is 498 g/mol. The van der Waals surface area contributed by atoms with Crippen molar-refractivity contribution in [2.75, 3.05) is 18.0 Å². The smallest absolute Gasteiger partial charge is 0.270 e. The lowest BCUT2D eigenvalue weighted by molar-refractivity contribution is 0.329. The number of aromatic nitrogens is 3. The standard InChI is InChI=1S/C25H22BrN5O3/c1-14-5-3-4-6-16(14)23-28-24(34-29-23)15-7-9-31(10-8-15)22-17-11-19(26)21(32)12-20(17)30(2)25(33)18(22)13-27/h3-6,11-12,15,32H,7-10H2,1-2H3. The first-order valence-corrected chi connectivity index (χ1v) is 11.8. The molecule has 0 unspecified atom stereocenters. The second-order valence-corrected chi connectivity index (χ2v) is 9.41. The first-order chi connectivity index (χ1) is 16.4. The van der Waals surface area contributed by atoms with Gasteiger partial charge in [0.05, 0.1) is 15.7 Å². The van der Waals surface area contributed by atoms with Crippen LogP contribution in [0.1, 0.15) is 35.8 Å². The van der Waals surface area contributed by atoms with Gasteiger partial charge in [-0.3, -0.25) is 4.79 Å². The number of anilines is 1. The molecule has 172 valence electrons. The van der Waals surface area contributed by atoms with Crippen LogP contribution in [0.2, 0.25) is 0 Å². The van der Waals surface area contributed by atoms with Crippen molar-refractivity contribution in [3.8, 4) is 23.2 Å². The molecule has 1 aliphatic rings. The molecule has 1 aliphatic heterocycles. The Balaban J connectivity index is 1.46. The maximum absolute atomic E-state index is 12.9. The van der Waals surface area contributed by atoms with Gasteiger partial charge in [-0.2, -0.15) is 10.2 Å². The Morgan fingerprint density at radius 3 is 2.68 bits per heavy atom. The second-order valence-electron chi connectivity index (χ2n) is 8.55. The van der Waals surface area contributed by atoms with Gasteiger partial charge in [-0.15, -0.1) is 0 Å². The summed E-state index contributed by atoms with van der Waals surface area (Å²) < 4.78 is 7.53. The molecule has 3 heterocycles. The Hall–Kier alpha value is -3.64. The van der Waals surface area contributed by atoms with E-state index in [1.54, 1.807) is 19.2 Å². The molecule has 34 heavy (non-hydrogen) atoms. The third-order valence-corrected chi connectivity index (χ3v) is 7.17. The number of hydrogen-bond donors (Lipinski definition) is 1. The van der Waals surface area contributed by atoms with Crippen molar-refractivity contribution in [3.63, 3.8) is 0 Å². The Bertz CT molecular complexity index is 1510. The number of hydrogen-bond acceptors (Lipinski definition) is 7. The fourth-order valence-corrected chi connectivity index (χ4v) is 4.99. The van der Waals surface area contributed by atoms with Crippen LogP contribution in [-0.2, 0) is 7.05 Å². The third-order valence-electron chi connectivity index (χ3n) is 6.54. The van der Waals surface area contributed by atoms with E-state index in [9.17, 15) is 15.2 Å². The number of rotatable bonds is 3. The lowest BCUT2D eigenvalue weighted by Crippen LogP contribution is -2.35. The van der Waals surface area contributed by atoms with Crippen LogP contribution >= 0.6 is 15.9 Å². The third kappa shape index (κ3) is 3.64. The summed E-state index contributed by atoms with van der Waals surface area (Å²) in [5, 5.41) is 24.9. The molecule has 0 amide bonds. The summed E-state index contributed by atoms with van der Waals surface area (Å²) in [6.07, 6.45) is 1.49. The van der Waals surface area contributed by atoms with Gasteiger partial charge in [0.15, 0.2) is 0 Å². The number of phenolic OH excluding ortho intramolecular Hbond substituents is 1. The average Bonchev–Trinajstić information content (AvgIpc) is 3.33. The van der Waals surface area contributed by atoms with Crippen molar-refractivity contribution in [3.05, 3.63) is 68.2 Å². The molecule has 4 aromatic rings. The SMILES string of the molecule is Cc1ccccc1-c1noc(C2CCN(c3c(C#N)c(=O)n(C)c4cc(O)c(Br)cc34)CC2)n1. The van der Waals surface area contributed by atoms with Gasteiger partial charge in [-0.1, -0.05) is 29.4 Å². The highest BCUT2D eigenvalue weighted by Crippen LogP contribution is 2.38. The predicted octanol–water partition coefficient (Wildman–Crippen LogP) is 4.62. The molecule has 0 bridgehead atoms. The zero-order valence-corrected chi connectivity index (χ0v) is 20.3. The second kappa shape index (κ2) is 8.61. The van der Waals surface area contributed by atoms with E-state index in [-0.39, 0.29) is 22.8 Å². The number of aromatic hydroxyl groups is 1. The van der Waals surface area contributed by atoms with Crippen molar-refractivity contribution in [2.24, 2.45) is 7.05 Å². The van der Waals surface area contributed by atoms with Crippen LogP contribution in [0.4, 0.5) is 5.69 Å². The largest absolute Gasteiger partial charge is 0.507 e. The molecular formula is C25H22BrN5O3. The fourth-order valence-electron chi connectivity index (χ4n) is 4.64. The topological polar surface area (TPSA) is 108 Å². The molecule has 9 heteroatoms. The number of aryl methyl sites for hydroxylation is 2. The van der Waals surface area contributed by atoms with E-state index in [0.717, 1.165) is 29.4 Å². The molecule has 1 fully saturated rings. The van der Waals surface area contributed by atoms with E-state index in [0.29, 0.717) is 40.5 Å². The first kappa shape index (κ1) is 22.2. The van der Waals surface area contributed by atoms with Gasteiger partial charge in [0.1, 0.15) is 17.4 Å². The van der Waals surface area contributed by atoms with Gasteiger partial charge in [-0.05, 0) is 47.3 Å². The molecule has 0 spiro atoms. The number of fused-ring (bicyclic) bond motifs is 1. The molecule has 2 aromatic carbocycles. The monoisotopic (exact) mass is 519 g/mol. The quantitative estimate of drug-likeness (QED) is 0.420. The summed E-state index contributed by atoms with van der Waals surface area (Å²) in [4.78, 5) is 19.6. The van der Waals surface area contributed by atoms with E-state index >= 15 is 0 Å². The van der Waals surface area contributed by atoms with E-state index in [1.165, 1.54) is 4.57 Å². The molecule has 0 saturated carbocycles. The summed E-state index contributed by atoms with van der Waals surface area (Å²) in [6, 6.07) is 13.3. The number of phenols is 1. The van der Waals surface area contributed by atoms with Crippen LogP contribution in [0, 0.1) is 18.3 Å². The van der Waals surface area contributed by atoms with Crippen molar-refractivity contribution in [2.45, 2.75) is 25.7 Å². The van der Waals surface area contributed by atoms with Crippen LogP contribution in [-0.4, -0.2) is 32.9 Å². The minimum absolute atomic E-state index is 0.0396. The van der Waals surface area contributed by atoms with Crippen LogP contribution in [0.5, 0.6) is 5.75 Å². The van der Waals surface area contributed by atoms with Gasteiger partial charge < -0.3 is 19.1 Å². The number of piperidine rings is 1. The summed E-state index contributed by atoms with van der Waals surface area (Å²) in [5.74, 6) is 1.34. The van der Waals surface area contributed by atoms with Crippen molar-refractivity contribution >= 4 is 32.5 Å². The average molecular weight is 520 g/mol. The van der Waals surface area contributed by atoms with Crippen LogP contribution in [0.25, 0.3) is 22.3 Å². The zero-order chi connectivity index (χ0) is 24.0. The minimum atomic E-state index is -0.381. The maximum atomic E-state index is 12.9. The summed E-state index contributed by atoms with van der Waals surface area (Å²) >= 11 is 3.36. The predicted molar refractivity (Wildman–Crippen MR) is 132 cm³/mol. The number of pyridine rings is 1. The van der Waals surface area contributed by atoms with E-state index in [4.69, 9.17) is 4.52 Å². The molecule has 0 aliphatic carbocycles.